The summed E-state index contributed by atoms with van der Waals surface area (Å²) in [7, 11) is 0. The number of rotatable bonds is 4. The molecule has 0 unspecified atom stereocenters. The van der Waals surface area contributed by atoms with Gasteiger partial charge in [0, 0.05) is 30.7 Å². The number of anilines is 1. The molecule has 1 aliphatic rings. The Kier molecular flexibility index (Phi) is 5.68. The second-order valence-electron chi connectivity index (χ2n) is 4.85. The summed E-state index contributed by atoms with van der Waals surface area (Å²) in [5.41, 5.74) is 1.78. The first-order valence-electron chi connectivity index (χ1n) is 6.87. The molecule has 1 aromatic rings. The molecule has 1 N–H and O–H groups in total. The maximum atomic E-state index is 11.9. The summed E-state index contributed by atoms with van der Waals surface area (Å²) in [5.74, 6) is -0.212. The van der Waals surface area contributed by atoms with E-state index in [-0.39, 0.29) is 41.3 Å². The van der Waals surface area contributed by atoms with Crippen molar-refractivity contribution in [1.29, 1.82) is 0 Å². The Bertz CT molecular complexity index is 615. The monoisotopic (exact) mass is 336 g/mol. The van der Waals surface area contributed by atoms with Crippen LogP contribution in [0.1, 0.15) is 24.8 Å². The van der Waals surface area contributed by atoms with Gasteiger partial charge in [0.2, 0.25) is 17.7 Å². The SMILES string of the molecule is Cc1ccccc1NC(=O)CCSC(=S)N1C(=O)CCC1=O. The van der Waals surface area contributed by atoms with E-state index >= 15 is 0 Å². The Balaban J connectivity index is 1.78. The zero-order chi connectivity index (χ0) is 16.1. The lowest BCUT2D eigenvalue weighted by Gasteiger charge is -2.14. The maximum absolute atomic E-state index is 11.9. The molecule has 1 aromatic carbocycles. The minimum absolute atomic E-state index is 0.122. The molecular weight excluding hydrogens is 320 g/mol. The summed E-state index contributed by atoms with van der Waals surface area (Å²) in [6, 6.07) is 7.52. The van der Waals surface area contributed by atoms with E-state index in [1.165, 1.54) is 11.8 Å². The Morgan fingerprint density at radius 2 is 1.91 bits per heavy atom. The average molecular weight is 336 g/mol. The summed E-state index contributed by atoms with van der Waals surface area (Å²) >= 11 is 6.27. The molecule has 116 valence electrons. The molecule has 0 aliphatic carbocycles. The number of hydrogen-bond acceptors (Lipinski definition) is 5. The van der Waals surface area contributed by atoms with Crippen LogP contribution in [-0.4, -0.2) is 32.7 Å². The highest BCUT2D eigenvalue weighted by atomic mass is 32.2. The van der Waals surface area contributed by atoms with Crippen molar-refractivity contribution < 1.29 is 14.4 Å². The molecule has 0 atom stereocenters. The summed E-state index contributed by atoms with van der Waals surface area (Å²) < 4.78 is 0.233. The van der Waals surface area contributed by atoms with E-state index in [1.54, 1.807) is 0 Å². The summed E-state index contributed by atoms with van der Waals surface area (Å²) in [4.78, 5) is 36.0. The number of nitrogens with one attached hydrogen (secondary N) is 1. The number of hydrogen-bond donors (Lipinski definition) is 1. The number of carbonyl (C=O) groups excluding carboxylic acids is 3. The Morgan fingerprint density at radius 3 is 2.55 bits per heavy atom. The second kappa shape index (κ2) is 7.51. The number of benzene rings is 1. The molecule has 1 fully saturated rings. The van der Waals surface area contributed by atoms with Crippen LogP contribution in [0, 0.1) is 6.92 Å². The van der Waals surface area contributed by atoms with Gasteiger partial charge in [-0.1, -0.05) is 42.2 Å². The van der Waals surface area contributed by atoms with Crippen LogP contribution >= 0.6 is 24.0 Å². The average Bonchev–Trinajstić information content (AvgIpc) is 2.80. The van der Waals surface area contributed by atoms with E-state index in [9.17, 15) is 14.4 Å². The number of nitrogens with zero attached hydrogens (tertiary/aromatic N) is 1. The number of thiocarbonyl (C=S) groups is 1. The largest absolute Gasteiger partial charge is 0.326 e. The van der Waals surface area contributed by atoms with Crippen molar-refractivity contribution in [2.24, 2.45) is 0 Å². The Hall–Kier alpha value is -1.73. The number of likely N-dealkylation sites (tertiary alicyclic amines) is 1. The van der Waals surface area contributed by atoms with Gasteiger partial charge in [-0.25, -0.2) is 4.90 Å². The lowest BCUT2D eigenvalue weighted by molar-refractivity contribution is -0.133. The van der Waals surface area contributed by atoms with Crippen LogP contribution in [-0.2, 0) is 14.4 Å². The quantitative estimate of drug-likeness (QED) is 0.676. The highest BCUT2D eigenvalue weighted by Gasteiger charge is 2.32. The zero-order valence-electron chi connectivity index (χ0n) is 12.1. The Morgan fingerprint density at radius 1 is 1.27 bits per heavy atom. The number of imide groups is 1. The predicted molar refractivity (Wildman–Crippen MR) is 90.6 cm³/mol. The van der Waals surface area contributed by atoms with Crippen LogP contribution in [0.3, 0.4) is 0 Å². The molecule has 5 nitrogen and oxygen atoms in total. The van der Waals surface area contributed by atoms with Crippen molar-refractivity contribution >= 4 is 51.7 Å². The number of carbonyl (C=O) groups is 3. The summed E-state index contributed by atoms with van der Waals surface area (Å²) in [6.07, 6.45) is 0.690. The predicted octanol–water partition coefficient (Wildman–Crippen LogP) is 2.49. The van der Waals surface area contributed by atoms with Crippen molar-refractivity contribution in [1.82, 2.24) is 4.90 Å². The molecule has 2 rings (SSSR count). The van der Waals surface area contributed by atoms with Crippen molar-refractivity contribution in [3.05, 3.63) is 29.8 Å². The van der Waals surface area contributed by atoms with Crippen LogP contribution in [0.5, 0.6) is 0 Å². The van der Waals surface area contributed by atoms with Gasteiger partial charge in [-0.2, -0.15) is 0 Å². The van der Waals surface area contributed by atoms with Gasteiger partial charge in [-0.15, -0.1) is 0 Å². The molecular formula is C15H16N2O3S2. The first-order valence-corrected chi connectivity index (χ1v) is 8.26. The highest BCUT2D eigenvalue weighted by molar-refractivity contribution is 8.23. The molecule has 22 heavy (non-hydrogen) atoms. The molecule has 0 aromatic heterocycles. The third kappa shape index (κ3) is 4.14. The van der Waals surface area contributed by atoms with Gasteiger partial charge in [-0.3, -0.25) is 14.4 Å². The number of amides is 3. The van der Waals surface area contributed by atoms with E-state index in [0.29, 0.717) is 5.75 Å². The number of aryl methyl sites for hydroxylation is 1. The fourth-order valence-corrected chi connectivity index (χ4v) is 3.25. The van der Waals surface area contributed by atoms with Crippen molar-refractivity contribution in [2.45, 2.75) is 26.2 Å². The lowest BCUT2D eigenvalue weighted by atomic mass is 10.2. The van der Waals surface area contributed by atoms with E-state index in [0.717, 1.165) is 16.2 Å². The standard InChI is InChI=1S/C15H16N2O3S2/c1-10-4-2-3-5-11(10)16-12(18)8-9-22-15(21)17-13(19)6-7-14(17)20/h2-5H,6-9H2,1H3,(H,16,18). The minimum atomic E-state index is -0.258. The molecule has 1 aliphatic heterocycles. The second-order valence-corrected chi connectivity index (χ2v) is 6.58. The van der Waals surface area contributed by atoms with E-state index in [2.05, 4.69) is 5.32 Å². The molecule has 0 spiro atoms. The normalized spacial score (nSPS) is 14.3. The van der Waals surface area contributed by atoms with Gasteiger partial charge in [-0.05, 0) is 18.6 Å². The van der Waals surface area contributed by atoms with Gasteiger partial charge < -0.3 is 5.32 Å². The van der Waals surface area contributed by atoms with Gasteiger partial charge >= 0.3 is 0 Å². The number of para-hydroxylation sites is 1. The van der Waals surface area contributed by atoms with Crippen LogP contribution in [0.15, 0.2) is 24.3 Å². The third-order valence-corrected chi connectivity index (χ3v) is 4.58. The third-order valence-electron chi connectivity index (χ3n) is 3.21. The first-order chi connectivity index (χ1) is 10.5. The molecule has 1 saturated heterocycles. The van der Waals surface area contributed by atoms with Crippen molar-refractivity contribution in [2.75, 3.05) is 11.1 Å². The van der Waals surface area contributed by atoms with E-state index in [4.69, 9.17) is 12.2 Å². The van der Waals surface area contributed by atoms with Crippen LogP contribution < -0.4 is 5.32 Å². The molecule has 0 bridgehead atoms. The van der Waals surface area contributed by atoms with Gasteiger partial charge in [0.05, 0.1) is 0 Å². The van der Waals surface area contributed by atoms with Crippen LogP contribution in [0.2, 0.25) is 0 Å². The highest BCUT2D eigenvalue weighted by Crippen LogP contribution is 2.20. The van der Waals surface area contributed by atoms with Crippen LogP contribution in [0.25, 0.3) is 0 Å². The van der Waals surface area contributed by atoms with Gasteiger partial charge in [0.15, 0.2) is 0 Å². The van der Waals surface area contributed by atoms with Crippen molar-refractivity contribution in [3.63, 3.8) is 0 Å². The van der Waals surface area contributed by atoms with Crippen molar-refractivity contribution in [3.8, 4) is 0 Å². The summed E-state index contributed by atoms with van der Waals surface area (Å²) in [5, 5.41) is 2.83. The molecule has 0 saturated carbocycles. The minimum Gasteiger partial charge on any atom is -0.326 e. The lowest BCUT2D eigenvalue weighted by Crippen LogP contribution is -2.32. The van der Waals surface area contributed by atoms with E-state index < -0.39 is 0 Å². The van der Waals surface area contributed by atoms with Gasteiger partial charge in [0.25, 0.3) is 0 Å². The Labute approximate surface area is 138 Å². The molecule has 1 heterocycles. The first kappa shape index (κ1) is 16.6. The maximum Gasteiger partial charge on any atom is 0.235 e. The fraction of sp³-hybridized carbons (Fsp3) is 0.333. The van der Waals surface area contributed by atoms with Crippen LogP contribution in [0.4, 0.5) is 5.69 Å². The zero-order valence-corrected chi connectivity index (χ0v) is 13.8. The van der Waals surface area contributed by atoms with E-state index in [1.807, 2.05) is 31.2 Å². The van der Waals surface area contributed by atoms with Gasteiger partial charge in [0.1, 0.15) is 4.32 Å². The molecule has 3 amide bonds. The smallest absolute Gasteiger partial charge is 0.235 e. The molecule has 0 radical (unpaired) electrons. The molecule has 7 heteroatoms. The fourth-order valence-electron chi connectivity index (χ4n) is 2.00. The number of thioether (sulfide) groups is 1. The summed E-state index contributed by atoms with van der Waals surface area (Å²) in [6.45, 7) is 1.92. The topological polar surface area (TPSA) is 66.5 Å².